The molecule has 1 heterocycles. The van der Waals surface area contributed by atoms with Crippen molar-refractivity contribution in [2.75, 3.05) is 32.5 Å². The van der Waals surface area contributed by atoms with Gasteiger partial charge in [-0.3, -0.25) is 9.78 Å². The number of para-hydroxylation sites is 1. The predicted molar refractivity (Wildman–Crippen MR) is 118 cm³/mol. The summed E-state index contributed by atoms with van der Waals surface area (Å²) in [4.78, 5) is 18.8. The average Bonchev–Trinajstić information content (AvgIpc) is 2.65. The standard InChI is InChI=1S/C23H34N4O/c1-16(2)20-9-7-10-21(17(3)4)22(20)26-19-13-18(14-24-15-19)23(28)25-11-8-12-27(5)6/h7,9-10,13-17,26H,8,11-12H2,1-6H3,(H,25,28). The fourth-order valence-corrected chi connectivity index (χ4v) is 3.17. The van der Waals surface area contributed by atoms with E-state index in [2.05, 4.69) is 66.4 Å². The molecule has 0 atom stereocenters. The van der Waals surface area contributed by atoms with E-state index in [9.17, 15) is 4.79 Å². The van der Waals surface area contributed by atoms with Gasteiger partial charge in [0.15, 0.2) is 0 Å². The highest BCUT2D eigenvalue weighted by molar-refractivity contribution is 5.94. The van der Waals surface area contributed by atoms with E-state index in [4.69, 9.17) is 0 Å². The first kappa shape index (κ1) is 21.9. The molecule has 0 spiro atoms. The lowest BCUT2D eigenvalue weighted by atomic mass is 9.92. The average molecular weight is 383 g/mol. The molecule has 28 heavy (non-hydrogen) atoms. The van der Waals surface area contributed by atoms with Crippen LogP contribution in [0.1, 0.15) is 67.4 Å². The van der Waals surface area contributed by atoms with Crippen molar-refractivity contribution in [2.24, 2.45) is 0 Å². The molecule has 2 rings (SSSR count). The number of nitrogens with one attached hydrogen (secondary N) is 2. The summed E-state index contributed by atoms with van der Waals surface area (Å²) in [5.74, 6) is 0.714. The molecule has 1 aromatic heterocycles. The Morgan fingerprint density at radius 2 is 1.71 bits per heavy atom. The molecular formula is C23H34N4O. The van der Waals surface area contributed by atoms with Gasteiger partial charge in [0.2, 0.25) is 0 Å². The van der Waals surface area contributed by atoms with Gasteiger partial charge in [-0.05, 0) is 56.1 Å². The van der Waals surface area contributed by atoms with Gasteiger partial charge >= 0.3 is 0 Å². The quantitative estimate of drug-likeness (QED) is 0.614. The Labute approximate surface area is 169 Å². The fraction of sp³-hybridized carbons (Fsp3) is 0.478. The van der Waals surface area contributed by atoms with Crippen LogP contribution in [0.5, 0.6) is 0 Å². The lowest BCUT2D eigenvalue weighted by Crippen LogP contribution is -2.27. The van der Waals surface area contributed by atoms with Crippen LogP contribution in [0.2, 0.25) is 0 Å². The van der Waals surface area contributed by atoms with E-state index in [1.807, 2.05) is 20.2 Å². The minimum atomic E-state index is -0.0869. The number of nitrogens with zero attached hydrogens (tertiary/aromatic N) is 2. The van der Waals surface area contributed by atoms with E-state index < -0.39 is 0 Å². The number of aromatic nitrogens is 1. The highest BCUT2D eigenvalue weighted by Gasteiger charge is 2.15. The zero-order valence-corrected chi connectivity index (χ0v) is 18.0. The van der Waals surface area contributed by atoms with E-state index in [-0.39, 0.29) is 5.91 Å². The number of anilines is 2. The summed E-state index contributed by atoms with van der Waals surface area (Å²) in [7, 11) is 4.06. The maximum atomic E-state index is 12.5. The van der Waals surface area contributed by atoms with Crippen LogP contribution in [0.3, 0.4) is 0 Å². The normalized spacial score (nSPS) is 11.3. The third-order valence-corrected chi connectivity index (χ3v) is 4.71. The number of rotatable bonds is 9. The Morgan fingerprint density at radius 1 is 1.07 bits per heavy atom. The summed E-state index contributed by atoms with van der Waals surface area (Å²) >= 11 is 0. The number of pyridine rings is 1. The van der Waals surface area contributed by atoms with Crippen LogP contribution in [0.25, 0.3) is 0 Å². The van der Waals surface area contributed by atoms with Gasteiger partial charge in [-0.25, -0.2) is 0 Å². The Kier molecular flexibility index (Phi) is 8.00. The van der Waals surface area contributed by atoms with Gasteiger partial charge in [0.1, 0.15) is 0 Å². The van der Waals surface area contributed by atoms with Gasteiger partial charge in [-0.1, -0.05) is 45.9 Å². The van der Waals surface area contributed by atoms with Crippen molar-refractivity contribution in [3.05, 3.63) is 53.3 Å². The molecule has 2 N–H and O–H groups in total. The summed E-state index contributed by atoms with van der Waals surface area (Å²) in [5, 5.41) is 6.50. The summed E-state index contributed by atoms with van der Waals surface area (Å²) in [5.41, 5.74) is 5.06. The first-order valence-electron chi connectivity index (χ1n) is 10.1. The second kappa shape index (κ2) is 10.2. The van der Waals surface area contributed by atoms with Crippen LogP contribution in [-0.2, 0) is 0 Å². The summed E-state index contributed by atoms with van der Waals surface area (Å²) in [6.45, 7) is 10.4. The molecule has 0 aliphatic rings. The van der Waals surface area contributed by atoms with E-state index in [0.29, 0.717) is 23.9 Å². The van der Waals surface area contributed by atoms with E-state index in [1.54, 1.807) is 12.4 Å². The minimum absolute atomic E-state index is 0.0869. The molecule has 0 radical (unpaired) electrons. The number of carbonyl (C=O) groups is 1. The first-order valence-corrected chi connectivity index (χ1v) is 10.1. The van der Waals surface area contributed by atoms with Gasteiger partial charge in [-0.2, -0.15) is 0 Å². The number of amides is 1. The molecule has 0 unspecified atom stereocenters. The van der Waals surface area contributed by atoms with Gasteiger partial charge in [0, 0.05) is 18.4 Å². The predicted octanol–water partition coefficient (Wildman–Crippen LogP) is 4.75. The van der Waals surface area contributed by atoms with Crippen LogP contribution < -0.4 is 10.6 Å². The lowest BCUT2D eigenvalue weighted by molar-refractivity contribution is 0.0952. The van der Waals surface area contributed by atoms with Crippen molar-refractivity contribution in [3.8, 4) is 0 Å². The molecule has 0 bridgehead atoms. The minimum Gasteiger partial charge on any atom is -0.354 e. The highest BCUT2D eigenvalue weighted by Crippen LogP contribution is 2.34. The molecule has 2 aromatic rings. The zero-order valence-electron chi connectivity index (χ0n) is 18.0. The lowest BCUT2D eigenvalue weighted by Gasteiger charge is -2.21. The SMILES string of the molecule is CC(C)c1cccc(C(C)C)c1Nc1cncc(C(=O)NCCCN(C)C)c1. The van der Waals surface area contributed by atoms with Gasteiger partial charge in [-0.15, -0.1) is 0 Å². The molecule has 0 aliphatic heterocycles. The van der Waals surface area contributed by atoms with E-state index in [0.717, 1.165) is 24.3 Å². The van der Waals surface area contributed by atoms with Crippen molar-refractivity contribution in [1.29, 1.82) is 0 Å². The number of carbonyl (C=O) groups excluding carboxylic acids is 1. The smallest absolute Gasteiger partial charge is 0.252 e. The molecule has 0 saturated heterocycles. The second-order valence-electron chi connectivity index (χ2n) is 8.12. The van der Waals surface area contributed by atoms with Gasteiger partial charge < -0.3 is 15.5 Å². The third-order valence-electron chi connectivity index (χ3n) is 4.71. The van der Waals surface area contributed by atoms with E-state index in [1.165, 1.54) is 11.1 Å². The molecule has 5 nitrogen and oxygen atoms in total. The number of hydrogen-bond donors (Lipinski definition) is 2. The molecule has 152 valence electrons. The van der Waals surface area contributed by atoms with Crippen molar-refractivity contribution in [2.45, 2.75) is 46.0 Å². The maximum Gasteiger partial charge on any atom is 0.252 e. The van der Waals surface area contributed by atoms with Gasteiger partial charge in [0.25, 0.3) is 5.91 Å². The summed E-state index contributed by atoms with van der Waals surface area (Å²) in [6.07, 6.45) is 4.30. The molecule has 0 aliphatic carbocycles. The van der Waals surface area contributed by atoms with Crippen LogP contribution in [0.15, 0.2) is 36.7 Å². The Hall–Kier alpha value is -2.40. The van der Waals surface area contributed by atoms with Crippen LogP contribution in [-0.4, -0.2) is 43.0 Å². The van der Waals surface area contributed by atoms with Crippen LogP contribution in [0.4, 0.5) is 11.4 Å². The highest BCUT2D eigenvalue weighted by atomic mass is 16.1. The maximum absolute atomic E-state index is 12.5. The van der Waals surface area contributed by atoms with Crippen molar-refractivity contribution >= 4 is 17.3 Å². The topological polar surface area (TPSA) is 57.3 Å². The monoisotopic (exact) mass is 382 g/mol. The van der Waals surface area contributed by atoms with Crippen LogP contribution >= 0.6 is 0 Å². The summed E-state index contributed by atoms with van der Waals surface area (Å²) < 4.78 is 0. The van der Waals surface area contributed by atoms with Crippen LogP contribution in [0, 0.1) is 0 Å². The molecule has 1 amide bonds. The number of hydrogen-bond acceptors (Lipinski definition) is 4. The Balaban J connectivity index is 2.18. The molecule has 5 heteroatoms. The van der Waals surface area contributed by atoms with Crippen molar-refractivity contribution < 1.29 is 4.79 Å². The largest absolute Gasteiger partial charge is 0.354 e. The first-order chi connectivity index (χ1) is 13.3. The molecular weight excluding hydrogens is 348 g/mol. The molecule has 0 saturated carbocycles. The van der Waals surface area contributed by atoms with Gasteiger partial charge in [0.05, 0.1) is 17.4 Å². The molecule has 0 fully saturated rings. The van der Waals surface area contributed by atoms with E-state index >= 15 is 0 Å². The Morgan fingerprint density at radius 3 is 2.29 bits per heavy atom. The molecule has 1 aromatic carbocycles. The Bertz CT molecular complexity index is 758. The second-order valence-corrected chi connectivity index (χ2v) is 8.12. The number of benzene rings is 1. The summed E-state index contributed by atoms with van der Waals surface area (Å²) in [6, 6.07) is 8.31. The zero-order chi connectivity index (χ0) is 20.7. The van der Waals surface area contributed by atoms with Crippen molar-refractivity contribution in [1.82, 2.24) is 15.2 Å². The van der Waals surface area contributed by atoms with Crippen molar-refractivity contribution in [3.63, 3.8) is 0 Å². The third kappa shape index (κ3) is 6.06. The fourth-order valence-electron chi connectivity index (χ4n) is 3.17.